The van der Waals surface area contributed by atoms with Gasteiger partial charge in [0.1, 0.15) is 11.2 Å². The summed E-state index contributed by atoms with van der Waals surface area (Å²) < 4.78 is 19.5. The molecule has 32 heavy (non-hydrogen) atoms. The van der Waals surface area contributed by atoms with E-state index >= 15 is 0 Å². The standard InChI is InChI=1S/C16H21FN2.C10H10N2O/c1-11-8-13-12-6-4-5-7-14(12)18-15(13)9-19(11)10-16(2,3)17;1-2-4-9-8(3-1)12-10(13-9)7-5-11-6-7/h4-7,11,18H,8-10H2,1-3H3;1-4,7,11H,5-6H2. The number of oxazole rings is 1. The lowest BCUT2D eigenvalue weighted by Gasteiger charge is -2.36. The molecule has 0 radical (unpaired) electrons. The third-order valence-corrected chi connectivity index (χ3v) is 6.41. The molecule has 2 aromatic carbocycles. The molecule has 2 aliphatic heterocycles. The van der Waals surface area contributed by atoms with Crippen molar-refractivity contribution in [2.75, 3.05) is 19.6 Å². The molecule has 2 N–H and O–H groups in total. The number of fused-ring (bicyclic) bond motifs is 4. The second-order valence-electron chi connectivity index (χ2n) is 9.68. The van der Waals surface area contributed by atoms with E-state index in [1.54, 1.807) is 13.8 Å². The fourth-order valence-corrected chi connectivity index (χ4v) is 4.63. The average Bonchev–Trinajstić information content (AvgIpc) is 3.27. The van der Waals surface area contributed by atoms with Gasteiger partial charge in [0.05, 0.1) is 5.92 Å². The van der Waals surface area contributed by atoms with Crippen LogP contribution in [0.1, 0.15) is 43.8 Å². The van der Waals surface area contributed by atoms with E-state index < -0.39 is 5.67 Å². The minimum atomic E-state index is -1.14. The SMILES string of the molecule is CC1Cc2c([nH]c3ccccc23)CN1CC(C)(C)F.c1ccc2oc(C3CNC3)nc2c1. The fraction of sp³-hybridized carbons (Fsp3) is 0.423. The van der Waals surface area contributed by atoms with Crippen molar-refractivity contribution in [2.24, 2.45) is 0 Å². The molecule has 168 valence electrons. The molecular weight excluding hydrogens is 403 g/mol. The topological polar surface area (TPSA) is 57.1 Å². The van der Waals surface area contributed by atoms with E-state index in [4.69, 9.17) is 4.42 Å². The Labute approximate surface area is 188 Å². The van der Waals surface area contributed by atoms with Crippen molar-refractivity contribution >= 4 is 22.0 Å². The van der Waals surface area contributed by atoms with Crippen molar-refractivity contribution in [2.45, 2.75) is 51.4 Å². The minimum absolute atomic E-state index is 0.390. The number of hydrogen-bond donors (Lipinski definition) is 2. The molecule has 4 aromatic rings. The van der Waals surface area contributed by atoms with Crippen LogP contribution in [0.15, 0.2) is 52.9 Å². The van der Waals surface area contributed by atoms with Crippen LogP contribution in [0.2, 0.25) is 0 Å². The van der Waals surface area contributed by atoms with E-state index in [9.17, 15) is 4.39 Å². The Balaban J connectivity index is 0.000000144. The molecule has 5 nitrogen and oxygen atoms in total. The Kier molecular flexibility index (Phi) is 5.51. The second kappa shape index (κ2) is 8.34. The van der Waals surface area contributed by atoms with Gasteiger partial charge in [0.25, 0.3) is 0 Å². The summed E-state index contributed by atoms with van der Waals surface area (Å²) in [5, 5.41) is 4.53. The van der Waals surface area contributed by atoms with E-state index in [-0.39, 0.29) is 0 Å². The average molecular weight is 435 g/mol. The molecule has 0 amide bonds. The highest BCUT2D eigenvalue weighted by Gasteiger charge is 2.30. The number of halogens is 1. The predicted octanol–water partition coefficient (Wildman–Crippen LogP) is 5.18. The Morgan fingerprint density at radius 2 is 1.88 bits per heavy atom. The molecule has 1 saturated heterocycles. The van der Waals surface area contributed by atoms with E-state index in [1.807, 2.05) is 24.3 Å². The van der Waals surface area contributed by atoms with Gasteiger partial charge in [-0.15, -0.1) is 0 Å². The number of nitrogens with one attached hydrogen (secondary N) is 2. The van der Waals surface area contributed by atoms with Crippen LogP contribution in [0.3, 0.4) is 0 Å². The molecule has 1 fully saturated rings. The molecule has 2 aromatic heterocycles. The largest absolute Gasteiger partial charge is 0.440 e. The molecule has 4 heterocycles. The number of aromatic amines is 1. The number of hydrogen-bond acceptors (Lipinski definition) is 4. The Morgan fingerprint density at radius 1 is 1.12 bits per heavy atom. The maximum absolute atomic E-state index is 13.9. The zero-order valence-corrected chi connectivity index (χ0v) is 19.0. The van der Waals surface area contributed by atoms with Gasteiger partial charge in [-0.05, 0) is 51.0 Å². The number of rotatable bonds is 3. The van der Waals surface area contributed by atoms with Gasteiger partial charge in [0.2, 0.25) is 5.89 Å². The number of benzene rings is 2. The molecular formula is C26H31FN4O. The first-order valence-electron chi connectivity index (χ1n) is 11.4. The lowest BCUT2D eigenvalue weighted by Crippen LogP contribution is -2.44. The number of aromatic nitrogens is 2. The van der Waals surface area contributed by atoms with Crippen LogP contribution < -0.4 is 5.32 Å². The predicted molar refractivity (Wildman–Crippen MR) is 127 cm³/mol. The third kappa shape index (κ3) is 4.30. The van der Waals surface area contributed by atoms with Crippen LogP contribution in [0.25, 0.3) is 22.0 Å². The third-order valence-electron chi connectivity index (χ3n) is 6.41. The van der Waals surface area contributed by atoms with Crippen LogP contribution in [-0.2, 0) is 13.0 Å². The van der Waals surface area contributed by atoms with E-state index in [1.165, 1.54) is 22.2 Å². The number of para-hydroxylation sites is 3. The first-order chi connectivity index (χ1) is 15.4. The molecule has 0 bridgehead atoms. The maximum atomic E-state index is 13.9. The molecule has 0 saturated carbocycles. The summed E-state index contributed by atoms with van der Waals surface area (Å²) in [6.07, 6.45) is 0.995. The van der Waals surface area contributed by atoms with Gasteiger partial charge in [-0.1, -0.05) is 30.3 Å². The number of H-pyrrole nitrogens is 1. The van der Waals surface area contributed by atoms with Crippen LogP contribution in [0, 0.1) is 0 Å². The summed E-state index contributed by atoms with van der Waals surface area (Å²) in [6, 6.07) is 16.7. The van der Waals surface area contributed by atoms with E-state index in [2.05, 4.69) is 51.4 Å². The Hall–Kier alpha value is -2.70. The first kappa shape index (κ1) is 21.2. The van der Waals surface area contributed by atoms with E-state index in [0.29, 0.717) is 18.5 Å². The van der Waals surface area contributed by atoms with Crippen molar-refractivity contribution in [3.05, 3.63) is 65.7 Å². The fourth-order valence-electron chi connectivity index (χ4n) is 4.63. The molecule has 1 unspecified atom stereocenters. The first-order valence-corrected chi connectivity index (χ1v) is 11.4. The van der Waals surface area contributed by atoms with Gasteiger partial charge < -0.3 is 14.7 Å². The van der Waals surface area contributed by atoms with E-state index in [0.717, 1.165) is 43.0 Å². The van der Waals surface area contributed by atoms with Crippen LogP contribution in [-0.4, -0.2) is 46.2 Å². The second-order valence-corrected chi connectivity index (χ2v) is 9.68. The highest BCUT2D eigenvalue weighted by molar-refractivity contribution is 5.84. The highest BCUT2D eigenvalue weighted by atomic mass is 19.1. The molecule has 0 spiro atoms. The van der Waals surface area contributed by atoms with Gasteiger partial charge in [0, 0.05) is 48.8 Å². The number of alkyl halides is 1. The summed E-state index contributed by atoms with van der Waals surface area (Å²) in [6.45, 7) is 8.79. The molecule has 1 atom stereocenters. The van der Waals surface area contributed by atoms with Crippen molar-refractivity contribution in [1.29, 1.82) is 0 Å². The normalized spacial score (nSPS) is 19.4. The van der Waals surface area contributed by atoms with Crippen molar-refractivity contribution < 1.29 is 8.81 Å². The molecule has 6 rings (SSSR count). The van der Waals surface area contributed by atoms with Crippen LogP contribution in [0.5, 0.6) is 0 Å². The molecule has 0 aliphatic carbocycles. The summed E-state index contributed by atoms with van der Waals surface area (Å²) in [7, 11) is 0. The van der Waals surface area contributed by atoms with Crippen LogP contribution >= 0.6 is 0 Å². The minimum Gasteiger partial charge on any atom is -0.440 e. The quantitative estimate of drug-likeness (QED) is 0.467. The maximum Gasteiger partial charge on any atom is 0.201 e. The number of nitrogens with zero attached hydrogens (tertiary/aromatic N) is 2. The molecule has 2 aliphatic rings. The highest BCUT2D eigenvalue weighted by Crippen LogP contribution is 2.31. The van der Waals surface area contributed by atoms with Gasteiger partial charge >= 0.3 is 0 Å². The van der Waals surface area contributed by atoms with Gasteiger partial charge in [-0.25, -0.2) is 9.37 Å². The zero-order chi connectivity index (χ0) is 22.3. The van der Waals surface area contributed by atoms with Crippen molar-refractivity contribution in [1.82, 2.24) is 20.2 Å². The van der Waals surface area contributed by atoms with Crippen LogP contribution in [0.4, 0.5) is 4.39 Å². The lowest BCUT2D eigenvalue weighted by molar-refractivity contribution is 0.0853. The van der Waals surface area contributed by atoms with Gasteiger partial charge in [0.15, 0.2) is 5.58 Å². The molecule has 6 heteroatoms. The summed E-state index contributed by atoms with van der Waals surface area (Å²) in [5.74, 6) is 1.35. The van der Waals surface area contributed by atoms with Gasteiger partial charge in [-0.2, -0.15) is 0 Å². The summed E-state index contributed by atoms with van der Waals surface area (Å²) in [4.78, 5) is 10.2. The summed E-state index contributed by atoms with van der Waals surface area (Å²) >= 11 is 0. The zero-order valence-electron chi connectivity index (χ0n) is 19.0. The van der Waals surface area contributed by atoms with Gasteiger partial charge in [-0.3, -0.25) is 4.90 Å². The van der Waals surface area contributed by atoms with Crippen molar-refractivity contribution in [3.8, 4) is 0 Å². The lowest BCUT2D eigenvalue weighted by atomic mass is 9.96. The monoisotopic (exact) mass is 434 g/mol. The smallest absolute Gasteiger partial charge is 0.201 e. The Morgan fingerprint density at radius 3 is 2.59 bits per heavy atom. The summed E-state index contributed by atoms with van der Waals surface area (Å²) in [5.41, 5.74) is 4.58. The van der Waals surface area contributed by atoms with Crippen molar-refractivity contribution in [3.63, 3.8) is 0 Å². The Bertz CT molecular complexity index is 1180.